The quantitative estimate of drug-likeness (QED) is 0.656. The predicted octanol–water partition coefficient (Wildman–Crippen LogP) is 4.13. The van der Waals surface area contributed by atoms with E-state index in [1.54, 1.807) is 18.2 Å². The van der Waals surface area contributed by atoms with Gasteiger partial charge >= 0.3 is 0 Å². The maximum Gasteiger partial charge on any atom is 0.292 e. The van der Waals surface area contributed by atoms with Crippen molar-refractivity contribution in [2.75, 3.05) is 5.32 Å². The van der Waals surface area contributed by atoms with Crippen molar-refractivity contribution in [2.24, 2.45) is 0 Å². The van der Waals surface area contributed by atoms with Crippen LogP contribution in [0.5, 0.6) is 5.75 Å². The molecule has 2 aromatic rings. The monoisotopic (exact) mass is 292 g/mol. The summed E-state index contributed by atoms with van der Waals surface area (Å²) >= 11 is 5.87. The van der Waals surface area contributed by atoms with Gasteiger partial charge in [0.1, 0.15) is 11.4 Å². The summed E-state index contributed by atoms with van der Waals surface area (Å²) < 4.78 is 0. The minimum absolute atomic E-state index is 0.0404. The number of rotatable bonds is 4. The van der Waals surface area contributed by atoms with E-state index in [1.165, 1.54) is 18.2 Å². The molecule has 0 aliphatic carbocycles. The number of hydrogen-bond acceptors (Lipinski definition) is 4. The Bertz CT molecular complexity index is 646. The van der Waals surface area contributed by atoms with Crippen LogP contribution >= 0.6 is 11.6 Å². The SMILES string of the molecule is CC(Nc1cc(Cl)ccc1[N+](=O)[O-])c1cccc(O)c1. The fraction of sp³-hybridized carbons (Fsp3) is 0.143. The topological polar surface area (TPSA) is 75.4 Å². The van der Waals surface area contributed by atoms with E-state index in [0.717, 1.165) is 5.56 Å². The molecule has 1 atom stereocenters. The average Bonchev–Trinajstić information content (AvgIpc) is 2.38. The number of nitro groups is 1. The Hall–Kier alpha value is -2.27. The number of aromatic hydroxyl groups is 1. The van der Waals surface area contributed by atoms with Crippen LogP contribution in [0.4, 0.5) is 11.4 Å². The smallest absolute Gasteiger partial charge is 0.292 e. The second kappa shape index (κ2) is 5.79. The molecule has 0 saturated carbocycles. The van der Waals surface area contributed by atoms with Gasteiger partial charge in [0.05, 0.1) is 4.92 Å². The molecular formula is C14H13ClN2O3. The molecule has 0 aromatic heterocycles. The summed E-state index contributed by atoms with van der Waals surface area (Å²) in [5, 5.41) is 23.9. The fourth-order valence-electron chi connectivity index (χ4n) is 1.89. The van der Waals surface area contributed by atoms with E-state index >= 15 is 0 Å². The Labute approximate surface area is 121 Å². The van der Waals surface area contributed by atoms with Gasteiger partial charge in [-0.2, -0.15) is 0 Å². The number of benzene rings is 2. The van der Waals surface area contributed by atoms with E-state index in [1.807, 2.05) is 13.0 Å². The normalized spacial score (nSPS) is 11.9. The van der Waals surface area contributed by atoms with Crippen molar-refractivity contribution < 1.29 is 10.0 Å². The summed E-state index contributed by atoms with van der Waals surface area (Å²) in [4.78, 5) is 10.5. The second-order valence-corrected chi connectivity index (χ2v) is 4.82. The van der Waals surface area contributed by atoms with Gasteiger partial charge in [0.15, 0.2) is 0 Å². The van der Waals surface area contributed by atoms with Crippen molar-refractivity contribution in [3.63, 3.8) is 0 Å². The molecule has 2 rings (SSSR count). The molecule has 104 valence electrons. The highest BCUT2D eigenvalue weighted by Gasteiger charge is 2.16. The first kappa shape index (κ1) is 14.1. The number of phenolic OH excluding ortho intramolecular Hbond substituents is 1. The first-order chi connectivity index (χ1) is 9.47. The van der Waals surface area contributed by atoms with Gasteiger partial charge in [0.2, 0.25) is 0 Å². The lowest BCUT2D eigenvalue weighted by atomic mass is 10.1. The lowest BCUT2D eigenvalue weighted by molar-refractivity contribution is -0.384. The van der Waals surface area contributed by atoms with Gasteiger partial charge in [-0.3, -0.25) is 10.1 Å². The van der Waals surface area contributed by atoms with Crippen LogP contribution in [0.15, 0.2) is 42.5 Å². The van der Waals surface area contributed by atoms with Crippen molar-refractivity contribution in [3.05, 3.63) is 63.2 Å². The molecule has 0 radical (unpaired) electrons. The van der Waals surface area contributed by atoms with Crippen LogP contribution in [0, 0.1) is 10.1 Å². The van der Waals surface area contributed by atoms with Crippen LogP contribution < -0.4 is 5.32 Å². The number of phenols is 1. The van der Waals surface area contributed by atoms with E-state index in [2.05, 4.69) is 5.32 Å². The van der Waals surface area contributed by atoms with Crippen LogP contribution in [-0.2, 0) is 0 Å². The zero-order valence-corrected chi connectivity index (χ0v) is 11.5. The summed E-state index contributed by atoms with van der Waals surface area (Å²) in [5.41, 5.74) is 1.12. The number of nitro benzene ring substituents is 1. The van der Waals surface area contributed by atoms with Crippen molar-refractivity contribution in [3.8, 4) is 5.75 Å². The maximum atomic E-state index is 11.0. The maximum absolute atomic E-state index is 11.0. The van der Waals surface area contributed by atoms with Gasteiger partial charge in [-0.1, -0.05) is 23.7 Å². The lowest BCUT2D eigenvalue weighted by Crippen LogP contribution is -2.08. The Kier molecular flexibility index (Phi) is 4.10. The van der Waals surface area contributed by atoms with E-state index in [9.17, 15) is 15.2 Å². The zero-order chi connectivity index (χ0) is 14.7. The molecule has 0 aliphatic heterocycles. The standard InChI is InChI=1S/C14H13ClN2O3/c1-9(10-3-2-4-12(18)7-10)16-13-8-11(15)5-6-14(13)17(19)20/h2-9,16,18H,1H3. The Morgan fingerprint density at radius 2 is 2.05 bits per heavy atom. The molecule has 2 N–H and O–H groups in total. The van der Waals surface area contributed by atoms with Gasteiger partial charge in [-0.15, -0.1) is 0 Å². The number of hydrogen-bond donors (Lipinski definition) is 2. The summed E-state index contributed by atoms with van der Waals surface area (Å²) in [7, 11) is 0. The molecule has 0 spiro atoms. The van der Waals surface area contributed by atoms with E-state index in [-0.39, 0.29) is 17.5 Å². The molecule has 0 amide bonds. The molecule has 1 unspecified atom stereocenters. The van der Waals surface area contributed by atoms with Crippen molar-refractivity contribution in [1.29, 1.82) is 0 Å². The number of anilines is 1. The Morgan fingerprint density at radius 3 is 2.70 bits per heavy atom. The third-order valence-electron chi connectivity index (χ3n) is 2.90. The Morgan fingerprint density at radius 1 is 1.30 bits per heavy atom. The molecule has 0 bridgehead atoms. The van der Waals surface area contributed by atoms with Gasteiger partial charge in [0, 0.05) is 17.1 Å². The molecule has 0 aliphatic rings. The average molecular weight is 293 g/mol. The highest BCUT2D eigenvalue weighted by atomic mass is 35.5. The van der Waals surface area contributed by atoms with Crippen molar-refractivity contribution in [2.45, 2.75) is 13.0 Å². The van der Waals surface area contributed by atoms with Gasteiger partial charge in [-0.25, -0.2) is 0 Å². The second-order valence-electron chi connectivity index (χ2n) is 4.38. The number of nitrogens with one attached hydrogen (secondary N) is 1. The van der Waals surface area contributed by atoms with E-state index in [0.29, 0.717) is 10.7 Å². The number of nitrogens with zero attached hydrogens (tertiary/aromatic N) is 1. The molecule has 0 fully saturated rings. The molecular weight excluding hydrogens is 280 g/mol. The third kappa shape index (κ3) is 3.19. The van der Waals surface area contributed by atoms with Crippen LogP contribution in [0.25, 0.3) is 0 Å². The molecule has 2 aromatic carbocycles. The van der Waals surface area contributed by atoms with Gasteiger partial charge < -0.3 is 10.4 Å². The minimum Gasteiger partial charge on any atom is -0.508 e. The van der Waals surface area contributed by atoms with Crippen LogP contribution in [0.3, 0.4) is 0 Å². The summed E-state index contributed by atoms with van der Waals surface area (Å²) in [6.07, 6.45) is 0. The molecule has 5 nitrogen and oxygen atoms in total. The first-order valence-corrected chi connectivity index (χ1v) is 6.34. The minimum atomic E-state index is -0.464. The zero-order valence-electron chi connectivity index (χ0n) is 10.7. The molecule has 0 saturated heterocycles. The van der Waals surface area contributed by atoms with Gasteiger partial charge in [-0.05, 0) is 36.8 Å². The van der Waals surface area contributed by atoms with E-state index < -0.39 is 4.92 Å². The van der Waals surface area contributed by atoms with Crippen LogP contribution in [0.2, 0.25) is 5.02 Å². The third-order valence-corrected chi connectivity index (χ3v) is 3.13. The van der Waals surface area contributed by atoms with E-state index in [4.69, 9.17) is 11.6 Å². The van der Waals surface area contributed by atoms with Crippen molar-refractivity contribution >= 4 is 23.0 Å². The molecule has 6 heteroatoms. The summed E-state index contributed by atoms with van der Waals surface area (Å²) in [6, 6.07) is 10.9. The Balaban J connectivity index is 2.29. The number of halogens is 1. The van der Waals surface area contributed by atoms with Crippen LogP contribution in [0.1, 0.15) is 18.5 Å². The first-order valence-electron chi connectivity index (χ1n) is 5.97. The lowest BCUT2D eigenvalue weighted by Gasteiger charge is -2.16. The summed E-state index contributed by atoms with van der Waals surface area (Å²) in [5.74, 6) is 0.150. The predicted molar refractivity (Wildman–Crippen MR) is 78.3 cm³/mol. The molecule has 0 heterocycles. The van der Waals surface area contributed by atoms with Crippen LogP contribution in [-0.4, -0.2) is 10.0 Å². The highest BCUT2D eigenvalue weighted by Crippen LogP contribution is 2.31. The largest absolute Gasteiger partial charge is 0.508 e. The molecule has 20 heavy (non-hydrogen) atoms. The highest BCUT2D eigenvalue weighted by molar-refractivity contribution is 6.31. The fourth-order valence-corrected chi connectivity index (χ4v) is 2.07. The van der Waals surface area contributed by atoms with Crippen molar-refractivity contribution in [1.82, 2.24) is 0 Å². The van der Waals surface area contributed by atoms with Gasteiger partial charge in [0.25, 0.3) is 5.69 Å². The summed E-state index contributed by atoms with van der Waals surface area (Å²) in [6.45, 7) is 1.85.